The molecule has 2 aromatic carbocycles. The van der Waals surface area contributed by atoms with E-state index in [-0.39, 0.29) is 11.8 Å². The minimum absolute atomic E-state index is 0.137. The standard InChI is InChI=1S/C23H27N3O2/c27-22-6-5-17-26(22)21-11-7-18(8-12-21)23(28)24-19-9-13-20(14-10-19)25-15-3-1-2-4-16-25/h7-14H,1-6,15-17H2,(H,24,28). The molecule has 1 N–H and O–H groups in total. The highest BCUT2D eigenvalue weighted by molar-refractivity contribution is 6.05. The van der Waals surface area contributed by atoms with Gasteiger partial charge in [-0.1, -0.05) is 12.8 Å². The normalized spacial score (nSPS) is 17.5. The molecule has 4 rings (SSSR count). The molecule has 0 aromatic heterocycles. The lowest BCUT2D eigenvalue weighted by molar-refractivity contribution is -0.117. The molecule has 2 aliphatic rings. The maximum atomic E-state index is 12.5. The summed E-state index contributed by atoms with van der Waals surface area (Å²) in [6, 6.07) is 15.4. The monoisotopic (exact) mass is 377 g/mol. The van der Waals surface area contributed by atoms with Crippen molar-refractivity contribution in [3.8, 4) is 0 Å². The number of amides is 2. The van der Waals surface area contributed by atoms with E-state index in [1.807, 2.05) is 24.3 Å². The summed E-state index contributed by atoms with van der Waals surface area (Å²) in [6.07, 6.45) is 6.63. The Kier molecular flexibility index (Phi) is 5.60. The van der Waals surface area contributed by atoms with Gasteiger partial charge in [-0.3, -0.25) is 9.59 Å². The number of rotatable bonds is 4. The fourth-order valence-electron chi connectivity index (χ4n) is 4.00. The van der Waals surface area contributed by atoms with Crippen molar-refractivity contribution in [2.24, 2.45) is 0 Å². The van der Waals surface area contributed by atoms with E-state index >= 15 is 0 Å². The van der Waals surface area contributed by atoms with Crippen molar-refractivity contribution >= 4 is 28.9 Å². The Morgan fingerprint density at radius 2 is 1.39 bits per heavy atom. The van der Waals surface area contributed by atoms with Gasteiger partial charge in [-0.15, -0.1) is 0 Å². The van der Waals surface area contributed by atoms with Crippen LogP contribution in [0.25, 0.3) is 0 Å². The summed E-state index contributed by atoms with van der Waals surface area (Å²) in [5.74, 6) is 0.0171. The topological polar surface area (TPSA) is 52.7 Å². The second-order valence-corrected chi connectivity index (χ2v) is 7.60. The van der Waals surface area contributed by atoms with Gasteiger partial charge in [0.15, 0.2) is 0 Å². The minimum atomic E-state index is -0.137. The molecule has 2 heterocycles. The fraction of sp³-hybridized carbons (Fsp3) is 0.391. The van der Waals surface area contributed by atoms with Crippen LogP contribution in [-0.4, -0.2) is 31.4 Å². The van der Waals surface area contributed by atoms with Crippen LogP contribution in [0.5, 0.6) is 0 Å². The Labute approximate surface area is 166 Å². The second kappa shape index (κ2) is 8.46. The zero-order valence-corrected chi connectivity index (χ0v) is 16.2. The maximum Gasteiger partial charge on any atom is 0.255 e. The summed E-state index contributed by atoms with van der Waals surface area (Å²) in [5, 5.41) is 2.96. The van der Waals surface area contributed by atoms with Gasteiger partial charge in [0.05, 0.1) is 0 Å². The third-order valence-corrected chi connectivity index (χ3v) is 5.61. The van der Waals surface area contributed by atoms with Crippen molar-refractivity contribution in [2.45, 2.75) is 38.5 Å². The summed E-state index contributed by atoms with van der Waals surface area (Å²) in [5.41, 5.74) is 3.47. The lowest BCUT2D eigenvalue weighted by Crippen LogP contribution is -2.24. The smallest absolute Gasteiger partial charge is 0.255 e. The summed E-state index contributed by atoms with van der Waals surface area (Å²) in [7, 11) is 0. The summed E-state index contributed by atoms with van der Waals surface area (Å²) >= 11 is 0. The van der Waals surface area contributed by atoms with E-state index in [2.05, 4.69) is 22.3 Å². The van der Waals surface area contributed by atoms with E-state index in [1.165, 1.54) is 31.4 Å². The van der Waals surface area contributed by atoms with Crippen molar-refractivity contribution < 1.29 is 9.59 Å². The zero-order chi connectivity index (χ0) is 19.3. The number of hydrogen-bond acceptors (Lipinski definition) is 3. The van der Waals surface area contributed by atoms with Crippen LogP contribution in [0.15, 0.2) is 48.5 Å². The molecule has 5 heteroatoms. The number of nitrogens with zero attached hydrogens (tertiary/aromatic N) is 2. The Hall–Kier alpha value is -2.82. The lowest BCUT2D eigenvalue weighted by atomic mass is 10.1. The molecule has 5 nitrogen and oxygen atoms in total. The number of benzene rings is 2. The zero-order valence-electron chi connectivity index (χ0n) is 16.2. The first-order chi connectivity index (χ1) is 13.7. The van der Waals surface area contributed by atoms with Crippen LogP contribution in [0.4, 0.5) is 17.1 Å². The Balaban J connectivity index is 1.38. The SMILES string of the molecule is O=C(Nc1ccc(N2CCCCCC2)cc1)c1ccc(N2CCCC2=O)cc1. The van der Waals surface area contributed by atoms with E-state index in [4.69, 9.17) is 0 Å². The van der Waals surface area contributed by atoms with Crippen LogP contribution in [0.2, 0.25) is 0 Å². The first-order valence-electron chi connectivity index (χ1n) is 10.3. The summed E-state index contributed by atoms with van der Waals surface area (Å²) in [4.78, 5) is 28.6. The highest BCUT2D eigenvalue weighted by Crippen LogP contribution is 2.23. The van der Waals surface area contributed by atoms with E-state index in [0.29, 0.717) is 12.0 Å². The first kappa shape index (κ1) is 18.5. The van der Waals surface area contributed by atoms with Crippen LogP contribution < -0.4 is 15.1 Å². The van der Waals surface area contributed by atoms with Crippen molar-refractivity contribution in [1.29, 1.82) is 0 Å². The molecule has 2 aliphatic heterocycles. The number of nitrogens with one attached hydrogen (secondary N) is 1. The Bertz CT molecular complexity index is 822. The third-order valence-electron chi connectivity index (χ3n) is 5.61. The first-order valence-corrected chi connectivity index (χ1v) is 10.3. The second-order valence-electron chi connectivity index (χ2n) is 7.60. The third kappa shape index (κ3) is 4.19. The quantitative estimate of drug-likeness (QED) is 0.857. The predicted octanol–water partition coefficient (Wildman–Crippen LogP) is 4.45. The lowest BCUT2D eigenvalue weighted by Gasteiger charge is -2.22. The molecule has 0 unspecified atom stereocenters. The summed E-state index contributed by atoms with van der Waals surface area (Å²) in [6.45, 7) is 2.98. The van der Waals surface area contributed by atoms with Gasteiger partial charge in [-0.25, -0.2) is 0 Å². The molecule has 2 amide bonds. The average molecular weight is 377 g/mol. The molecule has 0 atom stereocenters. The molecular formula is C23H27N3O2. The van der Waals surface area contributed by atoms with Crippen LogP contribution in [0, 0.1) is 0 Å². The van der Waals surface area contributed by atoms with E-state index in [0.717, 1.165) is 37.4 Å². The molecule has 2 aromatic rings. The molecule has 0 radical (unpaired) electrons. The predicted molar refractivity (Wildman–Crippen MR) is 113 cm³/mol. The van der Waals surface area contributed by atoms with Gasteiger partial charge >= 0.3 is 0 Å². The largest absolute Gasteiger partial charge is 0.372 e. The van der Waals surface area contributed by atoms with Gasteiger partial charge in [0.1, 0.15) is 0 Å². The fourth-order valence-corrected chi connectivity index (χ4v) is 4.00. The van der Waals surface area contributed by atoms with Crippen molar-refractivity contribution in [2.75, 3.05) is 34.8 Å². The molecule has 0 saturated carbocycles. The molecule has 2 saturated heterocycles. The van der Waals surface area contributed by atoms with Gasteiger partial charge in [-0.2, -0.15) is 0 Å². The Morgan fingerprint density at radius 1 is 0.750 bits per heavy atom. The van der Waals surface area contributed by atoms with E-state index in [9.17, 15) is 9.59 Å². The molecular weight excluding hydrogens is 350 g/mol. The molecule has 146 valence electrons. The van der Waals surface area contributed by atoms with Gasteiger partial charge in [0.2, 0.25) is 5.91 Å². The molecule has 0 bridgehead atoms. The average Bonchev–Trinajstić information content (AvgIpc) is 2.98. The molecule has 28 heavy (non-hydrogen) atoms. The molecule has 0 aliphatic carbocycles. The summed E-state index contributed by atoms with van der Waals surface area (Å²) < 4.78 is 0. The van der Waals surface area contributed by atoms with Crippen molar-refractivity contribution in [3.05, 3.63) is 54.1 Å². The number of hydrogen-bond donors (Lipinski definition) is 1. The van der Waals surface area contributed by atoms with Crippen LogP contribution >= 0.6 is 0 Å². The van der Waals surface area contributed by atoms with Gasteiger partial charge in [0.25, 0.3) is 5.91 Å². The Morgan fingerprint density at radius 3 is 2.00 bits per heavy atom. The van der Waals surface area contributed by atoms with E-state index in [1.54, 1.807) is 17.0 Å². The van der Waals surface area contributed by atoms with Gasteiger partial charge in [0, 0.05) is 48.7 Å². The van der Waals surface area contributed by atoms with Crippen molar-refractivity contribution in [1.82, 2.24) is 0 Å². The van der Waals surface area contributed by atoms with Crippen molar-refractivity contribution in [3.63, 3.8) is 0 Å². The molecule has 2 fully saturated rings. The van der Waals surface area contributed by atoms with Crippen LogP contribution in [0.1, 0.15) is 48.9 Å². The van der Waals surface area contributed by atoms with E-state index < -0.39 is 0 Å². The number of anilines is 3. The minimum Gasteiger partial charge on any atom is -0.372 e. The number of carbonyl (C=O) groups is 2. The number of carbonyl (C=O) groups excluding carboxylic acids is 2. The van der Waals surface area contributed by atoms with Gasteiger partial charge < -0.3 is 15.1 Å². The van der Waals surface area contributed by atoms with Crippen LogP contribution in [0.3, 0.4) is 0 Å². The van der Waals surface area contributed by atoms with Gasteiger partial charge in [-0.05, 0) is 67.8 Å². The van der Waals surface area contributed by atoms with Crippen LogP contribution in [-0.2, 0) is 4.79 Å². The maximum absolute atomic E-state index is 12.5. The highest BCUT2D eigenvalue weighted by Gasteiger charge is 2.21. The highest BCUT2D eigenvalue weighted by atomic mass is 16.2. The molecule has 0 spiro atoms.